The van der Waals surface area contributed by atoms with E-state index in [1.165, 1.54) is 0 Å². The molecule has 0 aliphatic heterocycles. The maximum absolute atomic E-state index is 6.13. The van der Waals surface area contributed by atoms with E-state index < -0.39 is 0 Å². The van der Waals surface area contributed by atoms with E-state index in [0.717, 1.165) is 37.4 Å². The summed E-state index contributed by atoms with van der Waals surface area (Å²) in [6.45, 7) is 7.51. The van der Waals surface area contributed by atoms with Crippen LogP contribution in [-0.4, -0.2) is 24.3 Å². The molecule has 0 fully saturated rings. The van der Waals surface area contributed by atoms with E-state index in [4.69, 9.17) is 15.2 Å². The van der Waals surface area contributed by atoms with Crippen LogP contribution in [0.2, 0.25) is 0 Å². The summed E-state index contributed by atoms with van der Waals surface area (Å²) in [5.74, 6) is 0.780. The lowest BCUT2D eigenvalue weighted by atomic mass is 10.1. The highest BCUT2D eigenvalue weighted by atomic mass is 16.5. The van der Waals surface area contributed by atoms with Gasteiger partial charge in [-0.05, 0) is 45.2 Å². The normalized spacial score (nSPS) is 12.7. The second-order valence-corrected chi connectivity index (χ2v) is 4.57. The van der Waals surface area contributed by atoms with Crippen molar-refractivity contribution in [2.45, 2.75) is 45.8 Å². The highest BCUT2D eigenvalue weighted by Crippen LogP contribution is 2.20. The summed E-state index contributed by atoms with van der Waals surface area (Å²) in [4.78, 5) is 4.17. The van der Waals surface area contributed by atoms with E-state index in [-0.39, 0.29) is 12.1 Å². The molecular weight excluding hydrogens is 228 g/mol. The quantitative estimate of drug-likeness (QED) is 0.723. The fourth-order valence-electron chi connectivity index (χ4n) is 1.69. The van der Waals surface area contributed by atoms with Gasteiger partial charge in [0.2, 0.25) is 0 Å². The van der Waals surface area contributed by atoms with Crippen molar-refractivity contribution < 1.29 is 9.47 Å². The van der Waals surface area contributed by atoms with E-state index in [1.807, 2.05) is 26.8 Å². The van der Waals surface area contributed by atoms with Gasteiger partial charge in [-0.25, -0.2) is 0 Å². The van der Waals surface area contributed by atoms with Gasteiger partial charge in [-0.3, -0.25) is 4.98 Å². The highest BCUT2D eigenvalue weighted by molar-refractivity contribution is 5.25. The second kappa shape index (κ2) is 8.06. The fourth-order valence-corrected chi connectivity index (χ4v) is 1.69. The van der Waals surface area contributed by atoms with Gasteiger partial charge in [-0.15, -0.1) is 0 Å². The van der Waals surface area contributed by atoms with Crippen molar-refractivity contribution in [2.24, 2.45) is 5.73 Å². The zero-order valence-electron chi connectivity index (χ0n) is 11.6. The van der Waals surface area contributed by atoms with Crippen molar-refractivity contribution in [1.82, 2.24) is 4.98 Å². The minimum absolute atomic E-state index is 0.00586. The monoisotopic (exact) mass is 252 g/mol. The molecule has 0 aliphatic rings. The van der Waals surface area contributed by atoms with Crippen molar-refractivity contribution in [3.63, 3.8) is 0 Å². The van der Waals surface area contributed by atoms with Crippen LogP contribution >= 0.6 is 0 Å². The molecule has 0 aliphatic carbocycles. The third-order valence-electron chi connectivity index (χ3n) is 2.54. The molecule has 1 heterocycles. The Morgan fingerprint density at radius 3 is 2.78 bits per heavy atom. The average molecular weight is 252 g/mol. The minimum atomic E-state index is -0.00586. The Morgan fingerprint density at radius 2 is 2.11 bits per heavy atom. The Hall–Kier alpha value is -1.13. The Balaban J connectivity index is 2.48. The van der Waals surface area contributed by atoms with Gasteiger partial charge in [-0.2, -0.15) is 0 Å². The zero-order chi connectivity index (χ0) is 13.4. The van der Waals surface area contributed by atoms with Gasteiger partial charge in [0.05, 0.1) is 12.3 Å². The molecule has 0 aromatic carbocycles. The molecule has 4 heteroatoms. The summed E-state index contributed by atoms with van der Waals surface area (Å²) in [6, 6.07) is 1.96. The summed E-state index contributed by atoms with van der Waals surface area (Å²) in [7, 11) is 0. The molecule has 102 valence electrons. The van der Waals surface area contributed by atoms with Gasteiger partial charge in [0.15, 0.2) is 0 Å². The van der Waals surface area contributed by atoms with Gasteiger partial charge in [0.1, 0.15) is 5.75 Å². The van der Waals surface area contributed by atoms with Crippen LogP contribution in [0.1, 0.15) is 45.2 Å². The molecule has 1 atom stereocenters. The molecular formula is C14H24N2O2. The summed E-state index contributed by atoms with van der Waals surface area (Å²) >= 11 is 0. The number of ether oxygens (including phenoxy) is 2. The first-order chi connectivity index (χ1) is 8.63. The SMILES string of the molecule is CCOCCCC(N)c1cncc(OC(C)C)c1. The van der Waals surface area contributed by atoms with Crippen LogP contribution in [0.15, 0.2) is 18.5 Å². The van der Waals surface area contributed by atoms with E-state index in [1.54, 1.807) is 12.4 Å². The van der Waals surface area contributed by atoms with E-state index >= 15 is 0 Å². The van der Waals surface area contributed by atoms with Crippen LogP contribution in [-0.2, 0) is 4.74 Å². The van der Waals surface area contributed by atoms with Gasteiger partial charge in [-0.1, -0.05) is 0 Å². The predicted octanol–water partition coefficient (Wildman–Crippen LogP) is 2.69. The molecule has 2 N–H and O–H groups in total. The lowest BCUT2D eigenvalue weighted by Gasteiger charge is -2.14. The first-order valence-corrected chi connectivity index (χ1v) is 6.58. The average Bonchev–Trinajstić information content (AvgIpc) is 2.34. The van der Waals surface area contributed by atoms with E-state index in [0.29, 0.717) is 0 Å². The summed E-state index contributed by atoms with van der Waals surface area (Å²) in [5, 5.41) is 0. The molecule has 0 saturated heterocycles. The molecule has 0 saturated carbocycles. The van der Waals surface area contributed by atoms with Crippen molar-refractivity contribution in [3.8, 4) is 5.75 Å². The number of aromatic nitrogens is 1. The number of hydrogen-bond donors (Lipinski definition) is 1. The highest BCUT2D eigenvalue weighted by Gasteiger charge is 2.08. The van der Waals surface area contributed by atoms with Crippen molar-refractivity contribution in [2.75, 3.05) is 13.2 Å². The van der Waals surface area contributed by atoms with Crippen LogP contribution in [0.25, 0.3) is 0 Å². The Morgan fingerprint density at radius 1 is 1.33 bits per heavy atom. The van der Waals surface area contributed by atoms with Gasteiger partial charge in [0.25, 0.3) is 0 Å². The lowest BCUT2D eigenvalue weighted by Crippen LogP contribution is -2.13. The molecule has 0 radical (unpaired) electrons. The largest absolute Gasteiger partial charge is 0.489 e. The predicted molar refractivity (Wildman–Crippen MR) is 72.7 cm³/mol. The number of hydrogen-bond acceptors (Lipinski definition) is 4. The maximum atomic E-state index is 6.13. The van der Waals surface area contributed by atoms with Crippen LogP contribution in [0, 0.1) is 0 Å². The molecule has 18 heavy (non-hydrogen) atoms. The number of rotatable bonds is 8. The Labute approximate surface area is 110 Å². The topological polar surface area (TPSA) is 57.4 Å². The third kappa shape index (κ3) is 5.47. The molecule has 1 unspecified atom stereocenters. The minimum Gasteiger partial charge on any atom is -0.489 e. The third-order valence-corrected chi connectivity index (χ3v) is 2.54. The van der Waals surface area contributed by atoms with Crippen molar-refractivity contribution in [3.05, 3.63) is 24.0 Å². The van der Waals surface area contributed by atoms with Crippen LogP contribution in [0.5, 0.6) is 5.75 Å². The molecule has 1 rings (SSSR count). The first kappa shape index (κ1) is 14.9. The van der Waals surface area contributed by atoms with Crippen molar-refractivity contribution in [1.29, 1.82) is 0 Å². The Kier molecular flexibility index (Phi) is 6.68. The van der Waals surface area contributed by atoms with Gasteiger partial charge in [0, 0.05) is 25.5 Å². The van der Waals surface area contributed by atoms with Crippen LogP contribution in [0.3, 0.4) is 0 Å². The van der Waals surface area contributed by atoms with Gasteiger partial charge >= 0.3 is 0 Å². The zero-order valence-corrected chi connectivity index (χ0v) is 11.6. The number of pyridine rings is 1. The van der Waals surface area contributed by atoms with Crippen LogP contribution < -0.4 is 10.5 Å². The number of nitrogens with two attached hydrogens (primary N) is 1. The summed E-state index contributed by atoms with van der Waals surface area (Å²) in [6.07, 6.45) is 5.53. The molecule has 1 aromatic heterocycles. The molecule has 0 amide bonds. The standard InChI is InChI=1S/C14H24N2O2/c1-4-17-7-5-6-14(15)12-8-13(10-16-9-12)18-11(2)3/h8-11,14H,4-7,15H2,1-3H3. The lowest BCUT2D eigenvalue weighted by molar-refractivity contribution is 0.142. The first-order valence-electron chi connectivity index (χ1n) is 6.58. The fraction of sp³-hybridized carbons (Fsp3) is 0.643. The summed E-state index contributed by atoms with van der Waals surface area (Å²) in [5.41, 5.74) is 7.14. The van der Waals surface area contributed by atoms with Crippen LogP contribution in [0.4, 0.5) is 0 Å². The Bertz CT molecular complexity index is 342. The smallest absolute Gasteiger partial charge is 0.138 e. The molecule has 0 spiro atoms. The van der Waals surface area contributed by atoms with Gasteiger partial charge < -0.3 is 15.2 Å². The number of nitrogens with zero attached hydrogens (tertiary/aromatic N) is 1. The molecule has 0 bridgehead atoms. The van der Waals surface area contributed by atoms with Crippen molar-refractivity contribution >= 4 is 0 Å². The molecule has 1 aromatic rings. The molecule has 4 nitrogen and oxygen atoms in total. The van der Waals surface area contributed by atoms with E-state index in [2.05, 4.69) is 4.98 Å². The summed E-state index contributed by atoms with van der Waals surface area (Å²) < 4.78 is 10.9. The second-order valence-electron chi connectivity index (χ2n) is 4.57. The maximum Gasteiger partial charge on any atom is 0.138 e. The van der Waals surface area contributed by atoms with E-state index in [9.17, 15) is 0 Å².